The van der Waals surface area contributed by atoms with E-state index in [2.05, 4.69) is 10.6 Å². The maximum atomic E-state index is 12.9. The molecule has 3 rings (SSSR count). The highest BCUT2D eigenvalue weighted by atomic mass is 35.5. The number of hydrogen-bond donors (Lipinski definition) is 2. The summed E-state index contributed by atoms with van der Waals surface area (Å²) < 4.78 is 5.45. The maximum absolute atomic E-state index is 12.9. The van der Waals surface area contributed by atoms with Crippen LogP contribution in [-0.2, 0) is 9.53 Å². The van der Waals surface area contributed by atoms with Gasteiger partial charge in [-0.1, -0.05) is 49.2 Å². The Labute approximate surface area is 202 Å². The van der Waals surface area contributed by atoms with Crippen LogP contribution in [0.25, 0.3) is 0 Å². The molecule has 33 heavy (non-hydrogen) atoms. The smallest absolute Gasteiger partial charge is 0.338 e. The Balaban J connectivity index is 1.91. The number of esters is 1. The van der Waals surface area contributed by atoms with Gasteiger partial charge in [0.15, 0.2) is 0 Å². The molecule has 0 saturated heterocycles. The second-order valence-electron chi connectivity index (χ2n) is 8.14. The second-order valence-corrected chi connectivity index (χ2v) is 8.98. The van der Waals surface area contributed by atoms with Crippen LogP contribution in [0.4, 0.5) is 10.5 Å². The van der Waals surface area contributed by atoms with Crippen molar-refractivity contribution in [3.63, 3.8) is 0 Å². The average molecular weight is 490 g/mol. The number of nitrogens with one attached hydrogen (secondary N) is 2. The Morgan fingerprint density at radius 2 is 1.91 bits per heavy atom. The lowest BCUT2D eigenvalue weighted by molar-refractivity contribution is -0.140. The lowest BCUT2D eigenvalue weighted by Gasteiger charge is -2.33. The van der Waals surface area contributed by atoms with Crippen molar-refractivity contribution in [1.82, 2.24) is 10.2 Å². The first kappa shape index (κ1) is 24.6. The molecule has 7 nitrogen and oxygen atoms in total. The topological polar surface area (TPSA) is 87.7 Å². The molecule has 0 aliphatic carbocycles. The van der Waals surface area contributed by atoms with Crippen LogP contribution in [0, 0.1) is 5.92 Å². The highest BCUT2D eigenvalue weighted by molar-refractivity contribution is 6.37. The number of halogens is 2. The summed E-state index contributed by atoms with van der Waals surface area (Å²) in [6, 6.07) is 10.4. The summed E-state index contributed by atoms with van der Waals surface area (Å²) in [7, 11) is 1.59. The highest BCUT2D eigenvalue weighted by Crippen LogP contribution is 2.32. The number of amides is 3. The lowest BCUT2D eigenvalue weighted by Crippen LogP contribution is -2.46. The number of allylic oxidation sites excluding steroid dienone is 1. The summed E-state index contributed by atoms with van der Waals surface area (Å²) in [5, 5.41) is 6.29. The number of ether oxygens (including phenoxy) is 1. The third-order valence-corrected chi connectivity index (χ3v) is 5.72. The molecule has 2 N–H and O–H groups in total. The van der Waals surface area contributed by atoms with E-state index in [0.29, 0.717) is 27.5 Å². The molecule has 9 heteroatoms. The molecule has 2 aromatic carbocycles. The normalized spacial score (nSPS) is 16.0. The Morgan fingerprint density at radius 3 is 2.58 bits per heavy atom. The van der Waals surface area contributed by atoms with Crippen molar-refractivity contribution in [3.05, 3.63) is 74.9 Å². The minimum atomic E-state index is -0.732. The van der Waals surface area contributed by atoms with E-state index in [1.165, 1.54) is 17.0 Å². The van der Waals surface area contributed by atoms with E-state index >= 15 is 0 Å². The number of urea groups is 1. The molecular weight excluding hydrogens is 465 g/mol. The van der Waals surface area contributed by atoms with Gasteiger partial charge in [0.05, 0.1) is 28.8 Å². The molecule has 174 valence electrons. The molecule has 0 fully saturated rings. The molecule has 1 aliphatic rings. The molecule has 1 heterocycles. The Hall–Kier alpha value is -3.03. The second kappa shape index (κ2) is 10.3. The predicted molar refractivity (Wildman–Crippen MR) is 128 cm³/mol. The first-order chi connectivity index (χ1) is 15.6. The molecule has 1 atom stereocenters. The largest absolute Gasteiger partial charge is 0.462 e. The minimum Gasteiger partial charge on any atom is -0.462 e. The first-order valence-electron chi connectivity index (χ1n) is 10.4. The Bertz CT molecular complexity index is 1130. The molecule has 0 bridgehead atoms. The van der Waals surface area contributed by atoms with Gasteiger partial charge in [-0.15, -0.1) is 0 Å². The van der Waals surface area contributed by atoms with Gasteiger partial charge in [0.1, 0.15) is 0 Å². The van der Waals surface area contributed by atoms with Crippen LogP contribution in [0.2, 0.25) is 10.0 Å². The molecule has 0 saturated carbocycles. The van der Waals surface area contributed by atoms with Gasteiger partial charge < -0.3 is 20.3 Å². The number of carbonyl (C=O) groups excluding carboxylic acids is 3. The lowest BCUT2D eigenvalue weighted by atomic mass is 9.94. The van der Waals surface area contributed by atoms with E-state index in [9.17, 15) is 14.4 Å². The Morgan fingerprint density at radius 1 is 1.18 bits per heavy atom. The van der Waals surface area contributed by atoms with Crippen molar-refractivity contribution in [3.8, 4) is 0 Å². The summed E-state index contributed by atoms with van der Waals surface area (Å²) in [5.41, 5.74) is 2.20. The Kier molecular flexibility index (Phi) is 7.66. The summed E-state index contributed by atoms with van der Waals surface area (Å²) in [6.45, 7) is 5.85. The zero-order chi connectivity index (χ0) is 24.3. The van der Waals surface area contributed by atoms with Crippen LogP contribution in [0.1, 0.15) is 42.7 Å². The van der Waals surface area contributed by atoms with Crippen LogP contribution in [0.3, 0.4) is 0 Å². The molecule has 2 aromatic rings. The highest BCUT2D eigenvalue weighted by Gasteiger charge is 2.35. The first-order valence-corrected chi connectivity index (χ1v) is 11.1. The molecule has 1 aliphatic heterocycles. The van der Waals surface area contributed by atoms with Gasteiger partial charge in [-0.05, 0) is 48.7 Å². The zero-order valence-electron chi connectivity index (χ0n) is 18.7. The minimum absolute atomic E-state index is 0.169. The summed E-state index contributed by atoms with van der Waals surface area (Å²) in [4.78, 5) is 39.5. The number of anilines is 1. The van der Waals surface area contributed by atoms with Crippen LogP contribution in [0.5, 0.6) is 0 Å². The van der Waals surface area contributed by atoms with Crippen LogP contribution in [0.15, 0.2) is 53.7 Å². The molecule has 0 unspecified atom stereocenters. The molecule has 0 spiro atoms. The van der Waals surface area contributed by atoms with Crippen molar-refractivity contribution in [2.75, 3.05) is 19.0 Å². The number of rotatable bonds is 6. The van der Waals surface area contributed by atoms with Crippen molar-refractivity contribution in [2.45, 2.75) is 26.8 Å². The fraction of sp³-hybridized carbons (Fsp3) is 0.292. The van der Waals surface area contributed by atoms with E-state index in [1.807, 2.05) is 13.8 Å². The van der Waals surface area contributed by atoms with Gasteiger partial charge in [-0.25, -0.2) is 9.59 Å². The molecule has 0 radical (unpaired) electrons. The van der Waals surface area contributed by atoms with Crippen molar-refractivity contribution in [2.24, 2.45) is 5.92 Å². The summed E-state index contributed by atoms with van der Waals surface area (Å²) in [6.07, 6.45) is 0. The van der Waals surface area contributed by atoms with Crippen molar-refractivity contribution >= 4 is 46.8 Å². The summed E-state index contributed by atoms with van der Waals surface area (Å²) in [5.74, 6) is -0.743. The van der Waals surface area contributed by atoms with Crippen molar-refractivity contribution in [1.29, 1.82) is 0 Å². The van der Waals surface area contributed by atoms with Crippen molar-refractivity contribution < 1.29 is 19.1 Å². The number of benzene rings is 2. The number of hydrogen-bond acceptors (Lipinski definition) is 4. The fourth-order valence-electron chi connectivity index (χ4n) is 3.34. The number of carbonyl (C=O) groups is 3. The number of nitrogens with zero attached hydrogens (tertiary/aromatic N) is 1. The van der Waals surface area contributed by atoms with Gasteiger partial charge in [0.25, 0.3) is 5.91 Å². The third kappa shape index (κ3) is 5.67. The van der Waals surface area contributed by atoms with Crippen LogP contribution < -0.4 is 10.6 Å². The van der Waals surface area contributed by atoms with E-state index in [1.54, 1.807) is 44.3 Å². The fourth-order valence-corrected chi connectivity index (χ4v) is 3.83. The molecular formula is C24H25Cl2N3O4. The van der Waals surface area contributed by atoms with E-state index in [-0.39, 0.29) is 29.1 Å². The SMILES string of the molecule is CC1=C(C(=O)OCC(C)C)[C@@H](c2cccc(NC(=O)c3ccc(Cl)cc3Cl)c2)NC(=O)N1C. The van der Waals surface area contributed by atoms with E-state index < -0.39 is 17.9 Å². The molecule has 3 amide bonds. The molecule has 0 aromatic heterocycles. The monoisotopic (exact) mass is 489 g/mol. The average Bonchev–Trinajstić information content (AvgIpc) is 2.75. The third-order valence-electron chi connectivity index (χ3n) is 5.18. The van der Waals surface area contributed by atoms with Gasteiger partial charge in [-0.2, -0.15) is 0 Å². The van der Waals surface area contributed by atoms with Crippen LogP contribution in [-0.4, -0.2) is 36.5 Å². The van der Waals surface area contributed by atoms with Gasteiger partial charge in [-0.3, -0.25) is 4.79 Å². The maximum Gasteiger partial charge on any atom is 0.338 e. The quantitative estimate of drug-likeness (QED) is 0.530. The van der Waals surface area contributed by atoms with E-state index in [0.717, 1.165) is 0 Å². The zero-order valence-corrected chi connectivity index (χ0v) is 20.3. The van der Waals surface area contributed by atoms with E-state index in [4.69, 9.17) is 27.9 Å². The van der Waals surface area contributed by atoms with Gasteiger partial charge >= 0.3 is 12.0 Å². The summed E-state index contributed by atoms with van der Waals surface area (Å²) >= 11 is 12.0. The van der Waals surface area contributed by atoms with Gasteiger partial charge in [0.2, 0.25) is 0 Å². The standard InChI is InChI=1S/C24H25Cl2N3O4/c1-13(2)12-33-23(31)20-14(3)29(4)24(32)28-21(20)15-6-5-7-17(10-15)27-22(30)18-9-8-16(25)11-19(18)26/h5-11,13,21H,12H2,1-4H3,(H,27,30)(H,28,32)/t21-/m1/s1. The van der Waals surface area contributed by atoms with Gasteiger partial charge in [0, 0.05) is 23.5 Å². The predicted octanol–water partition coefficient (Wildman–Crippen LogP) is 5.42. The van der Waals surface area contributed by atoms with Crippen LogP contribution >= 0.6 is 23.2 Å².